The molecule has 0 heterocycles. The number of methoxy groups -OCH3 is 1. The van der Waals surface area contributed by atoms with Crippen LogP contribution in [0.1, 0.15) is 57.7 Å². The standard InChI is InChI=1S/C15H25NO/c1-6-7-13(16)11-8-9-14(17-5)12(10-11)15(2,3)4/h8-10,13H,6-7,16H2,1-5H3. The first kappa shape index (κ1) is 14.0. The van der Waals surface area contributed by atoms with E-state index < -0.39 is 0 Å². The van der Waals surface area contributed by atoms with Gasteiger partial charge < -0.3 is 10.5 Å². The van der Waals surface area contributed by atoms with Gasteiger partial charge in [0.25, 0.3) is 0 Å². The molecule has 0 saturated heterocycles. The van der Waals surface area contributed by atoms with E-state index in [1.54, 1.807) is 7.11 Å². The van der Waals surface area contributed by atoms with Crippen LogP contribution in [0.15, 0.2) is 18.2 Å². The number of hydrogen-bond acceptors (Lipinski definition) is 2. The highest BCUT2D eigenvalue weighted by molar-refractivity contribution is 5.42. The van der Waals surface area contributed by atoms with Crippen LogP contribution in [0.2, 0.25) is 0 Å². The van der Waals surface area contributed by atoms with Crippen molar-refractivity contribution >= 4 is 0 Å². The highest BCUT2D eigenvalue weighted by Gasteiger charge is 2.20. The van der Waals surface area contributed by atoms with Crippen LogP contribution in [0.3, 0.4) is 0 Å². The summed E-state index contributed by atoms with van der Waals surface area (Å²) in [5, 5.41) is 0. The minimum absolute atomic E-state index is 0.0767. The molecule has 96 valence electrons. The number of rotatable bonds is 4. The molecule has 0 saturated carbocycles. The number of hydrogen-bond donors (Lipinski definition) is 1. The quantitative estimate of drug-likeness (QED) is 0.861. The summed E-state index contributed by atoms with van der Waals surface area (Å²) >= 11 is 0. The highest BCUT2D eigenvalue weighted by atomic mass is 16.5. The molecule has 1 aromatic rings. The molecule has 0 bridgehead atoms. The van der Waals surface area contributed by atoms with Crippen molar-refractivity contribution in [2.24, 2.45) is 5.73 Å². The van der Waals surface area contributed by atoms with Crippen molar-refractivity contribution in [2.45, 2.75) is 52.0 Å². The molecule has 2 nitrogen and oxygen atoms in total. The van der Waals surface area contributed by atoms with E-state index in [9.17, 15) is 0 Å². The summed E-state index contributed by atoms with van der Waals surface area (Å²) in [7, 11) is 1.72. The summed E-state index contributed by atoms with van der Waals surface area (Å²) in [6.45, 7) is 8.74. The topological polar surface area (TPSA) is 35.2 Å². The van der Waals surface area contributed by atoms with Crippen molar-refractivity contribution in [1.82, 2.24) is 0 Å². The van der Waals surface area contributed by atoms with Crippen LogP contribution >= 0.6 is 0 Å². The third-order valence-corrected chi connectivity index (χ3v) is 3.06. The predicted octanol–water partition coefficient (Wildman–Crippen LogP) is 3.79. The largest absolute Gasteiger partial charge is 0.496 e. The van der Waals surface area contributed by atoms with Crippen molar-refractivity contribution in [3.05, 3.63) is 29.3 Å². The van der Waals surface area contributed by atoms with Crippen molar-refractivity contribution in [2.75, 3.05) is 7.11 Å². The molecule has 0 amide bonds. The van der Waals surface area contributed by atoms with Gasteiger partial charge in [0.1, 0.15) is 5.75 Å². The van der Waals surface area contributed by atoms with Gasteiger partial charge in [0.2, 0.25) is 0 Å². The zero-order valence-electron chi connectivity index (χ0n) is 11.7. The fourth-order valence-electron chi connectivity index (χ4n) is 2.02. The molecule has 1 aromatic carbocycles. The lowest BCUT2D eigenvalue weighted by molar-refractivity contribution is 0.397. The molecule has 1 unspecified atom stereocenters. The maximum Gasteiger partial charge on any atom is 0.122 e. The lowest BCUT2D eigenvalue weighted by Gasteiger charge is -2.24. The lowest BCUT2D eigenvalue weighted by Crippen LogP contribution is -2.16. The van der Waals surface area contributed by atoms with Gasteiger partial charge in [0.15, 0.2) is 0 Å². The first-order valence-electron chi connectivity index (χ1n) is 6.34. The summed E-state index contributed by atoms with van der Waals surface area (Å²) in [6, 6.07) is 6.44. The minimum Gasteiger partial charge on any atom is -0.496 e. The molecular weight excluding hydrogens is 210 g/mol. The van der Waals surface area contributed by atoms with Gasteiger partial charge in [0, 0.05) is 6.04 Å². The molecule has 0 radical (unpaired) electrons. The van der Waals surface area contributed by atoms with E-state index in [-0.39, 0.29) is 11.5 Å². The first-order chi connectivity index (χ1) is 7.90. The summed E-state index contributed by atoms with van der Waals surface area (Å²) in [4.78, 5) is 0. The Hall–Kier alpha value is -1.02. The molecule has 17 heavy (non-hydrogen) atoms. The Labute approximate surface area is 105 Å². The Kier molecular flexibility index (Phi) is 4.58. The van der Waals surface area contributed by atoms with Crippen LogP contribution in [0, 0.1) is 0 Å². The van der Waals surface area contributed by atoms with Gasteiger partial charge in [0.05, 0.1) is 7.11 Å². The molecule has 0 aliphatic carbocycles. The number of benzene rings is 1. The Bertz CT molecular complexity index is 366. The lowest BCUT2D eigenvalue weighted by atomic mass is 9.84. The molecule has 1 rings (SSSR count). The summed E-state index contributed by atoms with van der Waals surface area (Å²) in [5.74, 6) is 0.949. The zero-order valence-corrected chi connectivity index (χ0v) is 11.7. The molecule has 2 N–H and O–H groups in total. The normalized spacial score (nSPS) is 13.5. The molecular formula is C15H25NO. The molecule has 0 fully saturated rings. The van der Waals surface area contributed by atoms with Gasteiger partial charge in [-0.15, -0.1) is 0 Å². The van der Waals surface area contributed by atoms with Crippen molar-refractivity contribution in [1.29, 1.82) is 0 Å². The molecule has 1 atom stereocenters. The van der Waals surface area contributed by atoms with Gasteiger partial charge in [-0.3, -0.25) is 0 Å². The summed E-state index contributed by atoms with van der Waals surface area (Å²) in [5.41, 5.74) is 8.68. The summed E-state index contributed by atoms with van der Waals surface area (Å²) in [6.07, 6.45) is 2.13. The van der Waals surface area contributed by atoms with Gasteiger partial charge in [-0.2, -0.15) is 0 Å². The Morgan fingerprint density at radius 1 is 1.29 bits per heavy atom. The van der Waals surface area contributed by atoms with E-state index >= 15 is 0 Å². The predicted molar refractivity (Wildman–Crippen MR) is 73.5 cm³/mol. The van der Waals surface area contributed by atoms with Crippen LogP contribution in [0.4, 0.5) is 0 Å². The third-order valence-electron chi connectivity index (χ3n) is 3.06. The van der Waals surface area contributed by atoms with Crippen molar-refractivity contribution in [3.8, 4) is 5.75 Å². The van der Waals surface area contributed by atoms with Crippen LogP contribution in [0.5, 0.6) is 5.75 Å². The Morgan fingerprint density at radius 3 is 2.41 bits per heavy atom. The average Bonchev–Trinajstić information content (AvgIpc) is 2.27. The zero-order chi connectivity index (χ0) is 13.1. The maximum absolute atomic E-state index is 6.17. The minimum atomic E-state index is 0.0767. The van der Waals surface area contributed by atoms with E-state index in [0.717, 1.165) is 18.6 Å². The monoisotopic (exact) mass is 235 g/mol. The molecule has 0 aliphatic rings. The molecule has 2 heteroatoms. The van der Waals surface area contributed by atoms with E-state index in [2.05, 4.69) is 39.8 Å². The van der Waals surface area contributed by atoms with Gasteiger partial charge in [-0.05, 0) is 29.0 Å². The van der Waals surface area contributed by atoms with E-state index in [4.69, 9.17) is 10.5 Å². The number of nitrogens with two attached hydrogens (primary N) is 1. The second kappa shape index (κ2) is 5.54. The van der Waals surface area contributed by atoms with Crippen molar-refractivity contribution < 1.29 is 4.74 Å². The first-order valence-corrected chi connectivity index (χ1v) is 6.34. The van der Waals surface area contributed by atoms with Gasteiger partial charge >= 0.3 is 0 Å². The van der Waals surface area contributed by atoms with E-state index in [1.807, 2.05) is 6.07 Å². The maximum atomic E-state index is 6.17. The van der Waals surface area contributed by atoms with Crippen LogP contribution in [-0.2, 0) is 5.41 Å². The van der Waals surface area contributed by atoms with Crippen molar-refractivity contribution in [3.63, 3.8) is 0 Å². The Balaban J connectivity index is 3.13. The average molecular weight is 235 g/mol. The van der Waals surface area contributed by atoms with Crippen LogP contribution in [0.25, 0.3) is 0 Å². The number of ether oxygens (including phenoxy) is 1. The third kappa shape index (κ3) is 3.47. The summed E-state index contributed by atoms with van der Waals surface area (Å²) < 4.78 is 5.43. The molecule has 0 aliphatic heterocycles. The smallest absolute Gasteiger partial charge is 0.122 e. The highest BCUT2D eigenvalue weighted by Crippen LogP contribution is 2.33. The SMILES string of the molecule is CCCC(N)c1ccc(OC)c(C(C)(C)C)c1. The fraction of sp³-hybridized carbons (Fsp3) is 0.600. The Morgan fingerprint density at radius 2 is 1.94 bits per heavy atom. The van der Waals surface area contributed by atoms with Crippen LogP contribution in [-0.4, -0.2) is 7.11 Å². The molecule has 0 spiro atoms. The van der Waals surface area contributed by atoms with Crippen LogP contribution < -0.4 is 10.5 Å². The fourth-order valence-corrected chi connectivity index (χ4v) is 2.02. The molecule has 0 aromatic heterocycles. The van der Waals surface area contributed by atoms with E-state index in [1.165, 1.54) is 11.1 Å². The second-order valence-corrected chi connectivity index (χ2v) is 5.60. The van der Waals surface area contributed by atoms with Gasteiger partial charge in [-0.25, -0.2) is 0 Å². The second-order valence-electron chi connectivity index (χ2n) is 5.60. The van der Waals surface area contributed by atoms with E-state index in [0.29, 0.717) is 0 Å². The van der Waals surface area contributed by atoms with Gasteiger partial charge in [-0.1, -0.05) is 46.2 Å².